The van der Waals surface area contributed by atoms with Crippen LogP contribution in [0.3, 0.4) is 0 Å². The van der Waals surface area contributed by atoms with E-state index in [1.54, 1.807) is 49.4 Å². The first-order valence-electron chi connectivity index (χ1n) is 10.3. The Morgan fingerprint density at radius 1 is 0.865 bits per heavy atom. The maximum Gasteiger partial charge on any atom is 0.338 e. The lowest BCUT2D eigenvalue weighted by atomic mass is 10.1. The van der Waals surface area contributed by atoms with Gasteiger partial charge in [0.25, 0.3) is 5.91 Å². The molecule has 3 N–H and O–H groups in total. The standard InChI is InChI=1S/C24H17Cl5N2O5S/c1-10(22(32)30-12-6-7-15(36-2)14(25)9-12)37-13-5-3-4-11(8-13)31-23(33)16-17(24(34)35)19(27)21(29)20(28)18(16)26/h3-10H,1-2H3,(H,30,32)(H,31,33)(H,34,35). The molecule has 0 aromatic heterocycles. The topological polar surface area (TPSA) is 105 Å². The minimum absolute atomic E-state index is 0.245. The fraction of sp³-hybridized carbons (Fsp3) is 0.125. The number of amides is 2. The average Bonchev–Trinajstić information content (AvgIpc) is 2.84. The van der Waals surface area contributed by atoms with Crippen molar-refractivity contribution in [3.05, 3.63) is 78.7 Å². The van der Waals surface area contributed by atoms with E-state index in [-0.39, 0.29) is 21.0 Å². The minimum atomic E-state index is -1.50. The van der Waals surface area contributed by atoms with Crippen molar-refractivity contribution in [3.63, 3.8) is 0 Å². The predicted molar refractivity (Wildman–Crippen MR) is 150 cm³/mol. The number of rotatable bonds is 8. The molecule has 0 heterocycles. The van der Waals surface area contributed by atoms with Gasteiger partial charge >= 0.3 is 5.97 Å². The Balaban J connectivity index is 1.76. The number of hydrogen-bond acceptors (Lipinski definition) is 5. The van der Waals surface area contributed by atoms with Crippen LogP contribution in [0.5, 0.6) is 5.75 Å². The van der Waals surface area contributed by atoms with E-state index >= 15 is 0 Å². The van der Waals surface area contributed by atoms with E-state index < -0.39 is 33.3 Å². The normalized spacial score (nSPS) is 11.5. The molecule has 0 saturated carbocycles. The first kappa shape index (κ1) is 29.2. The highest BCUT2D eigenvalue weighted by atomic mass is 35.5. The SMILES string of the molecule is COc1ccc(NC(=O)C(C)Sc2cccc(NC(=O)c3c(Cl)c(Cl)c(Cl)c(Cl)c3C(=O)O)c2)cc1Cl. The number of anilines is 2. The summed E-state index contributed by atoms with van der Waals surface area (Å²) in [4.78, 5) is 38.1. The van der Waals surface area contributed by atoms with Crippen LogP contribution in [0.15, 0.2) is 47.4 Å². The van der Waals surface area contributed by atoms with Gasteiger partial charge in [-0.05, 0) is 43.3 Å². The van der Waals surface area contributed by atoms with Crippen LogP contribution in [0, 0.1) is 0 Å². The number of thioether (sulfide) groups is 1. The number of carbonyl (C=O) groups excluding carboxylic acids is 2. The van der Waals surface area contributed by atoms with Gasteiger partial charge in [0.15, 0.2) is 0 Å². The Labute approximate surface area is 241 Å². The van der Waals surface area contributed by atoms with Gasteiger partial charge in [0.1, 0.15) is 5.75 Å². The van der Waals surface area contributed by atoms with Crippen molar-refractivity contribution in [1.82, 2.24) is 0 Å². The summed E-state index contributed by atoms with van der Waals surface area (Å²) in [6.45, 7) is 1.72. The molecule has 3 aromatic rings. The van der Waals surface area contributed by atoms with Gasteiger partial charge in [0.05, 0.1) is 48.6 Å². The lowest BCUT2D eigenvalue weighted by Gasteiger charge is -2.15. The second-order valence-corrected chi connectivity index (χ2v) is 10.7. The summed E-state index contributed by atoms with van der Waals surface area (Å²) >= 11 is 31.5. The largest absolute Gasteiger partial charge is 0.495 e. The molecule has 3 rings (SSSR count). The lowest BCUT2D eigenvalue weighted by Crippen LogP contribution is -2.22. The van der Waals surface area contributed by atoms with Crippen molar-refractivity contribution in [3.8, 4) is 5.75 Å². The fourth-order valence-electron chi connectivity index (χ4n) is 3.13. The van der Waals surface area contributed by atoms with Crippen LogP contribution in [0.4, 0.5) is 11.4 Å². The first-order valence-corrected chi connectivity index (χ1v) is 13.0. The zero-order valence-corrected chi connectivity index (χ0v) is 23.6. The van der Waals surface area contributed by atoms with Gasteiger partial charge < -0.3 is 20.5 Å². The number of carboxylic acids is 1. The first-order chi connectivity index (χ1) is 17.4. The monoisotopic (exact) mass is 620 g/mol. The summed E-state index contributed by atoms with van der Waals surface area (Å²) in [7, 11) is 1.49. The molecule has 37 heavy (non-hydrogen) atoms. The Morgan fingerprint density at radius 3 is 2.08 bits per heavy atom. The quantitative estimate of drug-likeness (QED) is 0.133. The molecule has 0 aliphatic carbocycles. The van der Waals surface area contributed by atoms with E-state index in [0.717, 1.165) is 0 Å². The summed E-state index contributed by atoms with van der Waals surface area (Å²) in [5.74, 6) is -2.14. The Bertz CT molecular complexity index is 1400. The van der Waals surface area contributed by atoms with Crippen molar-refractivity contribution in [1.29, 1.82) is 0 Å². The molecule has 13 heteroatoms. The Morgan fingerprint density at radius 2 is 1.49 bits per heavy atom. The second-order valence-electron chi connectivity index (χ2n) is 7.39. The van der Waals surface area contributed by atoms with Crippen molar-refractivity contribution < 1.29 is 24.2 Å². The van der Waals surface area contributed by atoms with Gasteiger partial charge in [0.2, 0.25) is 5.91 Å². The molecular formula is C24H17Cl5N2O5S. The summed E-state index contributed by atoms with van der Waals surface area (Å²) < 4.78 is 5.11. The van der Waals surface area contributed by atoms with Crippen LogP contribution in [-0.4, -0.2) is 35.2 Å². The molecule has 0 fully saturated rings. The summed E-state index contributed by atoms with van der Waals surface area (Å²) in [5, 5.41) is 13.5. The van der Waals surface area contributed by atoms with Crippen LogP contribution >= 0.6 is 69.8 Å². The molecule has 0 aliphatic heterocycles. The van der Waals surface area contributed by atoms with Crippen molar-refractivity contribution in [2.45, 2.75) is 17.1 Å². The van der Waals surface area contributed by atoms with E-state index in [0.29, 0.717) is 27.0 Å². The molecule has 0 spiro atoms. The van der Waals surface area contributed by atoms with Gasteiger partial charge in [-0.1, -0.05) is 64.1 Å². The fourth-order valence-corrected chi connectivity index (χ4v) is 5.34. The molecule has 7 nitrogen and oxygen atoms in total. The van der Waals surface area contributed by atoms with Gasteiger partial charge in [-0.3, -0.25) is 9.59 Å². The third-order valence-electron chi connectivity index (χ3n) is 4.90. The molecule has 1 atom stereocenters. The smallest absolute Gasteiger partial charge is 0.338 e. The summed E-state index contributed by atoms with van der Waals surface area (Å²) in [6.07, 6.45) is 0. The number of ether oxygens (including phenoxy) is 1. The number of methoxy groups -OCH3 is 1. The number of benzene rings is 3. The Kier molecular flexibility index (Phi) is 9.86. The predicted octanol–water partition coefficient (Wildman–Crippen LogP) is 8.03. The van der Waals surface area contributed by atoms with Gasteiger partial charge in [-0.15, -0.1) is 11.8 Å². The molecule has 0 bridgehead atoms. The highest BCUT2D eigenvalue weighted by molar-refractivity contribution is 8.00. The molecule has 1 unspecified atom stereocenters. The summed E-state index contributed by atoms with van der Waals surface area (Å²) in [5.41, 5.74) is -0.180. The molecule has 0 radical (unpaired) electrons. The average molecular weight is 623 g/mol. The third kappa shape index (κ3) is 6.76. The molecular weight excluding hydrogens is 606 g/mol. The minimum Gasteiger partial charge on any atom is -0.495 e. The highest BCUT2D eigenvalue weighted by Crippen LogP contribution is 2.42. The molecule has 194 valence electrons. The van der Waals surface area contributed by atoms with Crippen LogP contribution in [0.25, 0.3) is 0 Å². The number of halogens is 5. The number of carboxylic acid groups (broad SMARTS) is 1. The molecule has 0 aliphatic rings. The van der Waals surface area contributed by atoms with Crippen molar-refractivity contribution in [2.24, 2.45) is 0 Å². The van der Waals surface area contributed by atoms with E-state index in [9.17, 15) is 19.5 Å². The second kappa shape index (κ2) is 12.5. The van der Waals surface area contributed by atoms with Crippen molar-refractivity contribution >= 4 is 98.9 Å². The lowest BCUT2D eigenvalue weighted by molar-refractivity contribution is -0.115. The summed E-state index contributed by atoms with van der Waals surface area (Å²) in [6, 6.07) is 11.5. The van der Waals surface area contributed by atoms with Gasteiger partial charge in [-0.2, -0.15) is 0 Å². The van der Waals surface area contributed by atoms with E-state index in [4.69, 9.17) is 62.7 Å². The van der Waals surface area contributed by atoms with Crippen LogP contribution in [0.2, 0.25) is 25.1 Å². The zero-order chi connectivity index (χ0) is 27.4. The van der Waals surface area contributed by atoms with E-state index in [2.05, 4.69) is 10.6 Å². The highest BCUT2D eigenvalue weighted by Gasteiger charge is 2.29. The third-order valence-corrected chi connectivity index (χ3v) is 8.09. The van der Waals surface area contributed by atoms with Crippen LogP contribution in [-0.2, 0) is 4.79 Å². The number of hydrogen-bond donors (Lipinski definition) is 3. The van der Waals surface area contributed by atoms with Gasteiger partial charge in [-0.25, -0.2) is 4.79 Å². The zero-order valence-electron chi connectivity index (χ0n) is 19.0. The molecule has 3 aromatic carbocycles. The number of aromatic carboxylic acids is 1. The van der Waals surface area contributed by atoms with E-state index in [1.165, 1.54) is 18.9 Å². The Hall–Kier alpha value is -2.33. The van der Waals surface area contributed by atoms with Gasteiger partial charge in [0, 0.05) is 16.3 Å². The van der Waals surface area contributed by atoms with E-state index in [1.807, 2.05) is 0 Å². The maximum absolute atomic E-state index is 13.0. The van der Waals surface area contributed by atoms with Crippen LogP contribution < -0.4 is 15.4 Å². The maximum atomic E-state index is 13.0. The number of nitrogens with one attached hydrogen (secondary N) is 2. The molecule has 2 amide bonds. The molecule has 0 saturated heterocycles. The number of carbonyl (C=O) groups is 3. The van der Waals surface area contributed by atoms with Crippen molar-refractivity contribution in [2.75, 3.05) is 17.7 Å². The van der Waals surface area contributed by atoms with Crippen LogP contribution in [0.1, 0.15) is 27.6 Å².